The molecule has 1 aliphatic carbocycles. The molecule has 0 aromatic heterocycles. The van der Waals surface area contributed by atoms with Crippen molar-refractivity contribution in [2.75, 3.05) is 24.5 Å². The van der Waals surface area contributed by atoms with Crippen LogP contribution in [-0.2, 0) is 10.2 Å². The molecule has 1 aromatic carbocycles. The van der Waals surface area contributed by atoms with Gasteiger partial charge in [-0.3, -0.25) is 4.72 Å². The highest BCUT2D eigenvalue weighted by atomic mass is 32.2. The summed E-state index contributed by atoms with van der Waals surface area (Å²) in [7, 11) is -3.81. The number of aromatic carboxylic acids is 1. The monoisotopic (exact) mass is 368 g/mol. The molecular formula is C16H20N2O6S. The van der Waals surface area contributed by atoms with Gasteiger partial charge in [0.05, 0.1) is 24.5 Å². The van der Waals surface area contributed by atoms with Crippen molar-refractivity contribution in [3.05, 3.63) is 17.7 Å². The van der Waals surface area contributed by atoms with E-state index in [4.69, 9.17) is 9.47 Å². The molecule has 9 heteroatoms. The Morgan fingerprint density at radius 2 is 1.92 bits per heavy atom. The lowest BCUT2D eigenvalue weighted by Gasteiger charge is -2.27. The zero-order valence-electron chi connectivity index (χ0n) is 13.6. The largest absolute Gasteiger partial charge is 0.490 e. The highest BCUT2D eigenvalue weighted by Crippen LogP contribution is 2.40. The number of hydrogen-bond donors (Lipinski definition) is 2. The number of nitrogens with zero attached hydrogens (tertiary/aromatic N) is 1. The Morgan fingerprint density at radius 1 is 1.20 bits per heavy atom. The number of hydrogen-bond acceptors (Lipinski definition) is 5. The first kappa shape index (κ1) is 16.5. The SMILES string of the molecule is O=C(O)c1cc2c(cc1NS(=O)(=O)N1CC3CCC1C3)OCCCO2. The van der Waals surface area contributed by atoms with Crippen LogP contribution < -0.4 is 14.2 Å². The van der Waals surface area contributed by atoms with Gasteiger partial charge in [0.25, 0.3) is 0 Å². The summed E-state index contributed by atoms with van der Waals surface area (Å²) in [5.74, 6) is -0.151. The molecule has 1 saturated carbocycles. The van der Waals surface area contributed by atoms with E-state index in [1.54, 1.807) is 0 Å². The molecule has 2 heterocycles. The number of carboxylic acids is 1. The number of benzene rings is 1. The van der Waals surface area contributed by atoms with Crippen molar-refractivity contribution in [3.8, 4) is 11.5 Å². The minimum Gasteiger partial charge on any atom is -0.490 e. The molecule has 3 aliphatic rings. The van der Waals surface area contributed by atoms with Crippen molar-refractivity contribution >= 4 is 21.9 Å². The van der Waals surface area contributed by atoms with Crippen LogP contribution in [-0.4, -0.2) is 49.6 Å². The number of carboxylic acid groups (broad SMARTS) is 1. The summed E-state index contributed by atoms with van der Waals surface area (Å²) in [4.78, 5) is 11.6. The predicted molar refractivity (Wildman–Crippen MR) is 89.4 cm³/mol. The summed E-state index contributed by atoms with van der Waals surface area (Å²) < 4.78 is 40.4. The van der Waals surface area contributed by atoms with Crippen LogP contribution in [0.3, 0.4) is 0 Å². The normalized spacial score (nSPS) is 25.6. The van der Waals surface area contributed by atoms with Crippen LogP contribution in [0.5, 0.6) is 11.5 Å². The van der Waals surface area contributed by atoms with E-state index in [-0.39, 0.29) is 17.3 Å². The minimum atomic E-state index is -3.81. The first-order valence-corrected chi connectivity index (χ1v) is 9.84. The molecule has 0 radical (unpaired) electrons. The molecule has 136 valence electrons. The third-order valence-electron chi connectivity index (χ3n) is 5.02. The number of nitrogens with one attached hydrogen (secondary N) is 1. The molecule has 8 nitrogen and oxygen atoms in total. The molecule has 1 saturated heterocycles. The van der Waals surface area contributed by atoms with Crippen LogP contribution in [0.25, 0.3) is 0 Å². The fourth-order valence-corrected chi connectivity index (χ4v) is 5.40. The minimum absolute atomic E-state index is 0.000441. The Bertz CT molecular complexity index is 809. The summed E-state index contributed by atoms with van der Waals surface area (Å²) in [6, 6.07) is 2.73. The maximum absolute atomic E-state index is 12.8. The van der Waals surface area contributed by atoms with E-state index in [2.05, 4.69) is 4.72 Å². The van der Waals surface area contributed by atoms with Crippen LogP contribution >= 0.6 is 0 Å². The third-order valence-corrected chi connectivity index (χ3v) is 6.57. The second kappa shape index (κ2) is 6.06. The predicted octanol–water partition coefficient (Wildman–Crippen LogP) is 1.69. The fraction of sp³-hybridized carbons (Fsp3) is 0.562. The average molecular weight is 368 g/mol. The van der Waals surface area contributed by atoms with Gasteiger partial charge in [0, 0.05) is 31.1 Å². The second-order valence-electron chi connectivity index (χ2n) is 6.71. The Hall–Kier alpha value is -2.00. The Labute approximate surface area is 145 Å². The zero-order chi connectivity index (χ0) is 17.6. The highest BCUT2D eigenvalue weighted by molar-refractivity contribution is 7.90. The van der Waals surface area contributed by atoms with E-state index in [0.717, 1.165) is 19.3 Å². The summed E-state index contributed by atoms with van der Waals surface area (Å²) in [5, 5.41) is 9.46. The lowest BCUT2D eigenvalue weighted by molar-refractivity contribution is 0.0697. The van der Waals surface area contributed by atoms with Crippen LogP contribution in [0.1, 0.15) is 36.0 Å². The fourth-order valence-electron chi connectivity index (χ4n) is 3.84. The van der Waals surface area contributed by atoms with Gasteiger partial charge in [-0.2, -0.15) is 12.7 Å². The first-order valence-electron chi connectivity index (χ1n) is 8.40. The van der Waals surface area contributed by atoms with Gasteiger partial charge in [0.1, 0.15) is 0 Å². The highest BCUT2D eigenvalue weighted by Gasteiger charge is 2.44. The molecule has 2 unspecified atom stereocenters. The second-order valence-corrected chi connectivity index (χ2v) is 8.33. The average Bonchev–Trinajstić information content (AvgIpc) is 3.12. The number of carbonyl (C=O) groups is 1. The van der Waals surface area contributed by atoms with Gasteiger partial charge >= 0.3 is 16.2 Å². The molecule has 0 spiro atoms. The van der Waals surface area contributed by atoms with Crippen LogP contribution in [0.15, 0.2) is 12.1 Å². The van der Waals surface area contributed by atoms with E-state index >= 15 is 0 Å². The lowest BCUT2D eigenvalue weighted by Crippen LogP contribution is -2.41. The molecule has 0 amide bonds. The standard InChI is InChI=1S/C16H20N2O6S/c19-16(20)12-7-14-15(24-5-1-4-23-14)8-13(12)17-25(21,22)18-9-10-2-3-11(18)6-10/h7-8,10-11,17H,1-6,9H2,(H,19,20). The molecular weight excluding hydrogens is 348 g/mol. The third kappa shape index (κ3) is 3.02. The van der Waals surface area contributed by atoms with Crippen LogP contribution in [0.4, 0.5) is 5.69 Å². The molecule has 2 N–H and O–H groups in total. The molecule has 4 rings (SSSR count). The summed E-state index contributed by atoms with van der Waals surface area (Å²) in [5.41, 5.74) is -0.156. The lowest BCUT2D eigenvalue weighted by atomic mass is 10.1. The molecule has 25 heavy (non-hydrogen) atoms. The number of ether oxygens (including phenoxy) is 2. The number of fused-ring (bicyclic) bond motifs is 3. The number of anilines is 1. The van der Waals surface area contributed by atoms with Crippen molar-refractivity contribution in [1.29, 1.82) is 0 Å². The molecule has 2 bridgehead atoms. The van der Waals surface area contributed by atoms with Gasteiger partial charge < -0.3 is 14.6 Å². The summed E-state index contributed by atoms with van der Waals surface area (Å²) >= 11 is 0. The van der Waals surface area contributed by atoms with Gasteiger partial charge in [-0.05, 0) is 25.2 Å². The van der Waals surface area contributed by atoms with Gasteiger partial charge in [0.15, 0.2) is 11.5 Å². The van der Waals surface area contributed by atoms with Gasteiger partial charge in [-0.15, -0.1) is 0 Å². The van der Waals surface area contributed by atoms with Crippen molar-refractivity contribution in [2.24, 2.45) is 5.92 Å². The Kier molecular flexibility index (Phi) is 3.99. The molecule has 2 fully saturated rings. The quantitative estimate of drug-likeness (QED) is 0.838. The van der Waals surface area contributed by atoms with Crippen LogP contribution in [0, 0.1) is 5.92 Å². The number of piperidine rings is 1. The van der Waals surface area contributed by atoms with E-state index in [1.165, 1.54) is 16.4 Å². The van der Waals surface area contributed by atoms with Crippen molar-refractivity contribution < 1.29 is 27.8 Å². The summed E-state index contributed by atoms with van der Waals surface area (Å²) in [6.45, 7) is 1.35. The van der Waals surface area contributed by atoms with E-state index in [0.29, 0.717) is 43.6 Å². The van der Waals surface area contributed by atoms with E-state index in [1.807, 2.05) is 0 Å². The number of rotatable bonds is 4. The van der Waals surface area contributed by atoms with Crippen molar-refractivity contribution in [2.45, 2.75) is 31.7 Å². The van der Waals surface area contributed by atoms with Crippen LogP contribution in [0.2, 0.25) is 0 Å². The van der Waals surface area contributed by atoms with Crippen molar-refractivity contribution in [3.63, 3.8) is 0 Å². The Morgan fingerprint density at radius 3 is 2.52 bits per heavy atom. The molecule has 1 aromatic rings. The van der Waals surface area contributed by atoms with E-state index < -0.39 is 16.2 Å². The molecule has 2 aliphatic heterocycles. The van der Waals surface area contributed by atoms with E-state index in [9.17, 15) is 18.3 Å². The Balaban J connectivity index is 1.67. The molecule has 2 atom stereocenters. The van der Waals surface area contributed by atoms with Crippen molar-refractivity contribution in [1.82, 2.24) is 4.31 Å². The van der Waals surface area contributed by atoms with Gasteiger partial charge in [-0.1, -0.05) is 0 Å². The maximum Gasteiger partial charge on any atom is 0.337 e. The first-order chi connectivity index (χ1) is 11.9. The smallest absolute Gasteiger partial charge is 0.337 e. The topological polar surface area (TPSA) is 105 Å². The van der Waals surface area contributed by atoms with Gasteiger partial charge in [-0.25, -0.2) is 4.79 Å². The summed E-state index contributed by atoms with van der Waals surface area (Å²) in [6.07, 6.45) is 3.47. The van der Waals surface area contributed by atoms with Gasteiger partial charge in [0.2, 0.25) is 0 Å². The maximum atomic E-state index is 12.8. The zero-order valence-corrected chi connectivity index (χ0v) is 14.4.